The van der Waals surface area contributed by atoms with Crippen LogP contribution in [0.15, 0.2) is 34.8 Å². The van der Waals surface area contributed by atoms with E-state index in [1.807, 2.05) is 44.2 Å². The Bertz CT molecular complexity index is 572. The van der Waals surface area contributed by atoms with Crippen molar-refractivity contribution in [2.45, 2.75) is 19.7 Å². The lowest BCUT2D eigenvalue weighted by Gasteiger charge is -2.12. The van der Waals surface area contributed by atoms with Crippen LogP contribution in [0.25, 0.3) is 0 Å². The molecule has 18 heavy (non-hydrogen) atoms. The van der Waals surface area contributed by atoms with Crippen molar-refractivity contribution in [2.24, 2.45) is 0 Å². The third-order valence-corrected chi connectivity index (χ3v) is 3.34. The van der Waals surface area contributed by atoms with Crippen LogP contribution in [0.5, 0.6) is 11.6 Å². The van der Waals surface area contributed by atoms with E-state index in [0.29, 0.717) is 11.8 Å². The average molecular weight is 327 g/mol. The molecule has 0 aliphatic carbocycles. The summed E-state index contributed by atoms with van der Waals surface area (Å²) in [6.07, 6.45) is 0. The second-order valence-corrected chi connectivity index (χ2v) is 5.24. The Morgan fingerprint density at radius 2 is 2.06 bits per heavy atom. The van der Waals surface area contributed by atoms with Crippen molar-refractivity contribution in [2.75, 3.05) is 0 Å². The molecule has 0 amide bonds. The smallest absolute Gasteiger partial charge is 0.224 e. The molecule has 1 aromatic heterocycles. The van der Waals surface area contributed by atoms with Crippen LogP contribution in [0.1, 0.15) is 16.8 Å². The molecule has 0 bridgehead atoms. The quantitative estimate of drug-likeness (QED) is 0.741. The van der Waals surface area contributed by atoms with Crippen LogP contribution in [-0.2, 0) is 5.88 Å². The van der Waals surface area contributed by atoms with Gasteiger partial charge >= 0.3 is 0 Å². The Hall–Kier alpha value is -1.06. The van der Waals surface area contributed by atoms with Gasteiger partial charge in [0.25, 0.3) is 0 Å². The molecule has 1 heterocycles. The van der Waals surface area contributed by atoms with Crippen LogP contribution in [0.4, 0.5) is 0 Å². The molecule has 0 aliphatic heterocycles. The number of ether oxygens (including phenoxy) is 1. The zero-order valence-corrected chi connectivity index (χ0v) is 12.5. The van der Waals surface area contributed by atoms with Gasteiger partial charge in [-0.1, -0.05) is 22.0 Å². The number of hydrogen-bond acceptors (Lipinski definition) is 2. The predicted octanol–water partition coefficient (Wildman–Crippen LogP) is 4.99. The fourth-order valence-electron chi connectivity index (χ4n) is 1.72. The molecule has 0 fully saturated rings. The zero-order chi connectivity index (χ0) is 13.1. The van der Waals surface area contributed by atoms with Gasteiger partial charge in [-0.3, -0.25) is 0 Å². The Labute approximate surface area is 120 Å². The lowest BCUT2D eigenvalue weighted by Crippen LogP contribution is -1.98. The molecule has 0 aliphatic rings. The van der Waals surface area contributed by atoms with Crippen molar-refractivity contribution in [1.29, 1.82) is 0 Å². The highest BCUT2D eigenvalue weighted by Crippen LogP contribution is 2.28. The highest BCUT2D eigenvalue weighted by Gasteiger charge is 2.10. The number of nitrogens with zero attached hydrogens (tertiary/aromatic N) is 1. The van der Waals surface area contributed by atoms with Crippen molar-refractivity contribution >= 4 is 27.5 Å². The number of aryl methyl sites for hydroxylation is 2. The van der Waals surface area contributed by atoms with Crippen molar-refractivity contribution in [3.63, 3.8) is 0 Å². The molecule has 0 saturated heterocycles. The number of rotatable bonds is 3. The van der Waals surface area contributed by atoms with Gasteiger partial charge in [0.2, 0.25) is 5.88 Å². The lowest BCUT2D eigenvalue weighted by molar-refractivity contribution is 0.456. The van der Waals surface area contributed by atoms with E-state index in [0.717, 1.165) is 27.0 Å². The second-order valence-electron chi connectivity index (χ2n) is 4.06. The summed E-state index contributed by atoms with van der Waals surface area (Å²) in [5.41, 5.74) is 2.95. The topological polar surface area (TPSA) is 22.1 Å². The van der Waals surface area contributed by atoms with Crippen molar-refractivity contribution in [1.82, 2.24) is 4.98 Å². The minimum atomic E-state index is 0.391. The van der Waals surface area contributed by atoms with Gasteiger partial charge in [0.05, 0.1) is 5.88 Å². The number of pyridine rings is 1. The van der Waals surface area contributed by atoms with Crippen LogP contribution in [0, 0.1) is 13.8 Å². The number of hydrogen-bond donors (Lipinski definition) is 0. The Balaban J connectivity index is 2.39. The van der Waals surface area contributed by atoms with Crippen molar-refractivity contribution in [3.8, 4) is 11.6 Å². The van der Waals surface area contributed by atoms with Gasteiger partial charge in [0.1, 0.15) is 5.75 Å². The summed E-state index contributed by atoms with van der Waals surface area (Å²) in [5.74, 6) is 1.72. The fourth-order valence-corrected chi connectivity index (χ4v) is 2.42. The molecule has 0 atom stereocenters. The molecular formula is C14H13BrClNO. The van der Waals surface area contributed by atoms with E-state index in [4.69, 9.17) is 16.3 Å². The molecular weight excluding hydrogens is 314 g/mol. The van der Waals surface area contributed by atoms with Crippen molar-refractivity contribution in [3.05, 3.63) is 51.6 Å². The molecule has 0 spiro atoms. The second kappa shape index (κ2) is 5.72. The maximum atomic E-state index is 5.96. The minimum absolute atomic E-state index is 0.391. The summed E-state index contributed by atoms with van der Waals surface area (Å²) < 4.78 is 6.79. The summed E-state index contributed by atoms with van der Waals surface area (Å²) in [5, 5.41) is 0. The van der Waals surface area contributed by atoms with E-state index in [1.165, 1.54) is 0 Å². The van der Waals surface area contributed by atoms with Gasteiger partial charge < -0.3 is 4.74 Å². The molecule has 0 radical (unpaired) electrons. The van der Waals surface area contributed by atoms with Gasteiger partial charge in [-0.25, -0.2) is 4.98 Å². The van der Waals surface area contributed by atoms with Crippen molar-refractivity contribution < 1.29 is 4.74 Å². The predicted molar refractivity (Wildman–Crippen MR) is 77.5 cm³/mol. The van der Waals surface area contributed by atoms with E-state index in [2.05, 4.69) is 20.9 Å². The molecule has 2 nitrogen and oxygen atoms in total. The molecule has 94 valence electrons. The van der Waals surface area contributed by atoms with E-state index in [9.17, 15) is 0 Å². The average Bonchev–Trinajstić information content (AvgIpc) is 2.28. The number of aromatic nitrogens is 1. The van der Waals surface area contributed by atoms with Gasteiger partial charge in [-0.2, -0.15) is 0 Å². The standard InChI is InChI=1S/C14H13BrClNO/c1-9-6-10(2)17-14(13(9)8-16)18-12-5-3-4-11(15)7-12/h3-7H,8H2,1-2H3. The first-order valence-electron chi connectivity index (χ1n) is 5.56. The van der Waals surface area contributed by atoms with E-state index in [1.54, 1.807) is 0 Å². The summed E-state index contributed by atoms with van der Waals surface area (Å²) in [6, 6.07) is 9.66. The monoisotopic (exact) mass is 325 g/mol. The third kappa shape index (κ3) is 3.03. The fraction of sp³-hybridized carbons (Fsp3) is 0.214. The molecule has 0 saturated carbocycles. The molecule has 4 heteroatoms. The van der Waals surface area contributed by atoms with E-state index < -0.39 is 0 Å². The Morgan fingerprint density at radius 3 is 2.72 bits per heavy atom. The maximum Gasteiger partial charge on any atom is 0.224 e. The van der Waals surface area contributed by atoms with Crippen LogP contribution >= 0.6 is 27.5 Å². The number of benzene rings is 1. The van der Waals surface area contributed by atoms with Crippen LogP contribution in [0.3, 0.4) is 0 Å². The highest BCUT2D eigenvalue weighted by molar-refractivity contribution is 9.10. The molecule has 1 aromatic carbocycles. The number of alkyl halides is 1. The summed E-state index contributed by atoms with van der Waals surface area (Å²) in [6.45, 7) is 3.96. The maximum absolute atomic E-state index is 5.96. The summed E-state index contributed by atoms with van der Waals surface area (Å²) in [4.78, 5) is 4.41. The first kappa shape index (κ1) is 13.4. The Morgan fingerprint density at radius 1 is 1.28 bits per heavy atom. The van der Waals surface area contributed by atoms with Crippen LogP contribution in [-0.4, -0.2) is 4.98 Å². The lowest BCUT2D eigenvalue weighted by atomic mass is 10.1. The summed E-state index contributed by atoms with van der Waals surface area (Å²) >= 11 is 9.37. The zero-order valence-electron chi connectivity index (χ0n) is 10.2. The van der Waals surface area contributed by atoms with Gasteiger partial charge in [0.15, 0.2) is 0 Å². The number of halogens is 2. The molecule has 0 N–H and O–H groups in total. The third-order valence-electron chi connectivity index (χ3n) is 2.58. The first-order chi connectivity index (χ1) is 8.60. The normalized spacial score (nSPS) is 10.4. The van der Waals surface area contributed by atoms with Gasteiger partial charge in [-0.05, 0) is 43.7 Å². The van der Waals surface area contributed by atoms with E-state index >= 15 is 0 Å². The summed E-state index contributed by atoms with van der Waals surface area (Å²) in [7, 11) is 0. The largest absolute Gasteiger partial charge is 0.439 e. The highest BCUT2D eigenvalue weighted by atomic mass is 79.9. The molecule has 0 unspecified atom stereocenters. The van der Waals surface area contributed by atoms with Gasteiger partial charge in [-0.15, -0.1) is 11.6 Å². The van der Waals surface area contributed by atoms with Gasteiger partial charge in [0, 0.05) is 15.7 Å². The molecule has 2 aromatic rings. The Kier molecular flexibility index (Phi) is 4.25. The SMILES string of the molecule is Cc1cc(C)c(CCl)c(Oc2cccc(Br)c2)n1. The molecule has 2 rings (SSSR count). The minimum Gasteiger partial charge on any atom is -0.439 e. The first-order valence-corrected chi connectivity index (χ1v) is 6.89. The van der Waals surface area contributed by atoms with Crippen LogP contribution < -0.4 is 4.74 Å². The van der Waals surface area contributed by atoms with E-state index in [-0.39, 0.29) is 0 Å². The van der Waals surface area contributed by atoms with Crippen LogP contribution in [0.2, 0.25) is 0 Å².